The van der Waals surface area contributed by atoms with Crippen molar-refractivity contribution in [3.05, 3.63) is 24.3 Å². The van der Waals surface area contributed by atoms with E-state index in [1.165, 1.54) is 6.20 Å². The number of carboxylic acid groups (broad SMARTS) is 1. The van der Waals surface area contributed by atoms with Crippen LogP contribution in [0.3, 0.4) is 0 Å². The molecule has 0 aliphatic heterocycles. The van der Waals surface area contributed by atoms with Crippen LogP contribution >= 0.6 is 0 Å². The molecule has 0 amide bonds. The predicted octanol–water partition coefficient (Wildman–Crippen LogP) is 0.371. The second kappa shape index (κ2) is 2.10. The van der Waals surface area contributed by atoms with Gasteiger partial charge < -0.3 is 9.67 Å². The zero-order valence-corrected chi connectivity index (χ0v) is 6.43. The summed E-state index contributed by atoms with van der Waals surface area (Å²) in [5, 5.41) is 8.61. The van der Waals surface area contributed by atoms with Crippen molar-refractivity contribution < 1.29 is 9.90 Å². The highest BCUT2D eigenvalue weighted by Crippen LogP contribution is 2.04. The first-order valence-corrected chi connectivity index (χ1v) is 3.42. The van der Waals surface area contributed by atoms with Crippen LogP contribution < -0.4 is 0 Å². The molecule has 0 aliphatic rings. The van der Waals surface area contributed by atoms with Gasteiger partial charge in [-0.05, 0) is 0 Å². The Kier molecular flexibility index (Phi) is 1.21. The zero-order valence-electron chi connectivity index (χ0n) is 6.43. The van der Waals surface area contributed by atoms with Gasteiger partial charge in [0.15, 0.2) is 5.69 Å². The lowest BCUT2D eigenvalue weighted by Gasteiger charge is -1.86. The molecule has 0 saturated carbocycles. The van der Waals surface area contributed by atoms with E-state index in [1.807, 2.05) is 13.2 Å². The third kappa shape index (κ3) is 0.795. The molecule has 0 bridgehead atoms. The van der Waals surface area contributed by atoms with Crippen LogP contribution in [0.5, 0.6) is 0 Å². The number of carboxylic acids is 1. The lowest BCUT2D eigenvalue weighted by Crippen LogP contribution is -1.96. The summed E-state index contributed by atoms with van der Waals surface area (Å²) in [4.78, 5) is 14.4. The Bertz CT molecular complexity index is 440. The van der Waals surface area contributed by atoms with Gasteiger partial charge >= 0.3 is 5.97 Å². The molecule has 5 heteroatoms. The fourth-order valence-corrected chi connectivity index (χ4v) is 1.10. The smallest absolute Gasteiger partial charge is 0.356 e. The maximum Gasteiger partial charge on any atom is 0.356 e. The quantitative estimate of drug-likeness (QED) is 0.664. The van der Waals surface area contributed by atoms with Crippen LogP contribution in [0.2, 0.25) is 0 Å². The van der Waals surface area contributed by atoms with Crippen LogP contribution in [-0.4, -0.2) is 25.0 Å². The fraction of sp³-hybridized carbons (Fsp3) is 0.143. The van der Waals surface area contributed by atoms with Gasteiger partial charge in [-0.2, -0.15) is 0 Å². The number of fused-ring (bicyclic) bond motifs is 1. The first-order chi connectivity index (χ1) is 5.68. The minimum Gasteiger partial charge on any atom is -0.476 e. The third-order valence-electron chi connectivity index (χ3n) is 1.70. The number of rotatable bonds is 1. The highest BCUT2D eigenvalue weighted by atomic mass is 16.4. The van der Waals surface area contributed by atoms with Crippen molar-refractivity contribution >= 4 is 11.7 Å². The van der Waals surface area contributed by atoms with Gasteiger partial charge in [0.1, 0.15) is 0 Å². The van der Waals surface area contributed by atoms with E-state index in [9.17, 15) is 4.79 Å². The largest absolute Gasteiger partial charge is 0.476 e. The second-order valence-corrected chi connectivity index (χ2v) is 2.55. The van der Waals surface area contributed by atoms with Crippen molar-refractivity contribution in [2.75, 3.05) is 0 Å². The van der Waals surface area contributed by atoms with E-state index in [4.69, 9.17) is 5.11 Å². The average Bonchev–Trinajstić information content (AvgIpc) is 2.53. The van der Waals surface area contributed by atoms with E-state index >= 15 is 0 Å². The molecule has 1 N–H and O–H groups in total. The van der Waals surface area contributed by atoms with Gasteiger partial charge in [0.25, 0.3) is 0 Å². The van der Waals surface area contributed by atoms with Crippen molar-refractivity contribution in [2.45, 2.75) is 0 Å². The molecule has 0 unspecified atom stereocenters. The molecule has 0 radical (unpaired) electrons. The molecule has 0 atom stereocenters. The summed E-state index contributed by atoms with van der Waals surface area (Å²) < 4.78 is 3.43. The molecular weight excluding hydrogens is 158 g/mol. The summed E-state index contributed by atoms with van der Waals surface area (Å²) in [5.41, 5.74) is 0.0706. The molecule has 0 fully saturated rings. The van der Waals surface area contributed by atoms with Gasteiger partial charge in [0, 0.05) is 25.6 Å². The Hall–Kier alpha value is -1.78. The monoisotopic (exact) mass is 165 g/mol. The van der Waals surface area contributed by atoms with Gasteiger partial charge in [-0.3, -0.25) is 4.40 Å². The zero-order chi connectivity index (χ0) is 8.72. The van der Waals surface area contributed by atoms with Crippen molar-refractivity contribution in [2.24, 2.45) is 7.05 Å². The Balaban J connectivity index is 2.70. The van der Waals surface area contributed by atoms with E-state index in [2.05, 4.69) is 4.98 Å². The SMILES string of the molecule is Cn1ccn2cc(C(=O)O)nc12. The standard InChI is InChI=1S/C7H7N3O2/c1-9-2-3-10-4-5(6(11)12)8-7(9)10/h2-4H,1H3,(H,11,12). The fourth-order valence-electron chi connectivity index (χ4n) is 1.10. The Morgan fingerprint density at radius 3 is 2.92 bits per heavy atom. The lowest BCUT2D eigenvalue weighted by molar-refractivity contribution is 0.0691. The van der Waals surface area contributed by atoms with Crippen molar-refractivity contribution in [3.63, 3.8) is 0 Å². The summed E-state index contributed by atoms with van der Waals surface area (Å²) in [5.74, 6) is -0.369. The van der Waals surface area contributed by atoms with Crippen molar-refractivity contribution in [1.29, 1.82) is 0 Å². The van der Waals surface area contributed by atoms with Crippen LogP contribution in [0.4, 0.5) is 0 Å². The van der Waals surface area contributed by atoms with Gasteiger partial charge in [0.05, 0.1) is 0 Å². The molecular formula is C7H7N3O2. The number of nitrogens with zero attached hydrogens (tertiary/aromatic N) is 3. The Labute approximate surface area is 67.9 Å². The molecule has 0 spiro atoms. The molecule has 12 heavy (non-hydrogen) atoms. The minimum absolute atomic E-state index is 0.0706. The number of aromatic carboxylic acids is 1. The normalized spacial score (nSPS) is 10.8. The van der Waals surface area contributed by atoms with Gasteiger partial charge in [-0.1, -0.05) is 0 Å². The number of carbonyl (C=O) groups is 1. The van der Waals surface area contributed by atoms with Crippen molar-refractivity contribution in [3.8, 4) is 0 Å². The maximum absolute atomic E-state index is 10.5. The van der Waals surface area contributed by atoms with E-state index in [0.29, 0.717) is 5.78 Å². The van der Waals surface area contributed by atoms with Crippen LogP contribution in [0, 0.1) is 0 Å². The number of hydrogen-bond donors (Lipinski definition) is 1. The molecule has 0 aromatic carbocycles. The minimum atomic E-state index is -1.00. The lowest BCUT2D eigenvalue weighted by atomic mass is 10.5. The van der Waals surface area contributed by atoms with E-state index in [0.717, 1.165) is 0 Å². The summed E-state index contributed by atoms with van der Waals surface area (Å²) >= 11 is 0. The predicted molar refractivity (Wildman–Crippen MR) is 41.1 cm³/mol. The van der Waals surface area contributed by atoms with Crippen LogP contribution in [0.15, 0.2) is 18.6 Å². The molecule has 2 aromatic rings. The van der Waals surface area contributed by atoms with Crippen molar-refractivity contribution in [1.82, 2.24) is 14.0 Å². The Morgan fingerprint density at radius 2 is 2.33 bits per heavy atom. The highest BCUT2D eigenvalue weighted by molar-refractivity contribution is 5.85. The van der Waals surface area contributed by atoms with Gasteiger partial charge in [-0.25, -0.2) is 9.78 Å². The molecule has 2 aromatic heterocycles. The summed E-state index contributed by atoms with van der Waals surface area (Å²) in [6.45, 7) is 0. The molecule has 0 saturated heterocycles. The maximum atomic E-state index is 10.5. The molecule has 2 heterocycles. The Morgan fingerprint density at radius 1 is 1.58 bits per heavy atom. The first-order valence-electron chi connectivity index (χ1n) is 3.42. The number of aryl methyl sites for hydroxylation is 1. The topological polar surface area (TPSA) is 59.5 Å². The molecule has 0 aliphatic carbocycles. The second-order valence-electron chi connectivity index (χ2n) is 2.55. The summed E-state index contributed by atoms with van der Waals surface area (Å²) in [7, 11) is 1.81. The van der Waals surface area contributed by atoms with Gasteiger partial charge in [-0.15, -0.1) is 0 Å². The molecule has 2 rings (SSSR count). The number of aromatic nitrogens is 3. The van der Waals surface area contributed by atoms with Crippen LogP contribution in [0.25, 0.3) is 5.78 Å². The van der Waals surface area contributed by atoms with E-state index in [-0.39, 0.29) is 5.69 Å². The third-order valence-corrected chi connectivity index (χ3v) is 1.70. The summed E-state index contributed by atoms with van der Waals surface area (Å²) in [6.07, 6.45) is 5.06. The highest BCUT2D eigenvalue weighted by Gasteiger charge is 2.09. The number of imidazole rings is 2. The number of hydrogen-bond acceptors (Lipinski definition) is 2. The molecule has 62 valence electrons. The summed E-state index contributed by atoms with van der Waals surface area (Å²) in [6, 6.07) is 0. The van der Waals surface area contributed by atoms with E-state index in [1.54, 1.807) is 15.2 Å². The first kappa shape index (κ1) is 6.90. The van der Waals surface area contributed by atoms with E-state index < -0.39 is 5.97 Å². The average molecular weight is 165 g/mol. The van der Waals surface area contributed by atoms with Gasteiger partial charge in [0.2, 0.25) is 5.78 Å². The molecule has 5 nitrogen and oxygen atoms in total. The van der Waals surface area contributed by atoms with Crippen LogP contribution in [-0.2, 0) is 7.05 Å². The van der Waals surface area contributed by atoms with Crippen LogP contribution in [0.1, 0.15) is 10.5 Å².